The van der Waals surface area contributed by atoms with Gasteiger partial charge in [0.05, 0.1) is 10.2 Å². The highest BCUT2D eigenvalue weighted by Gasteiger charge is 2.05. The van der Waals surface area contributed by atoms with E-state index in [1.165, 1.54) is 11.1 Å². The van der Waals surface area contributed by atoms with Crippen molar-refractivity contribution in [2.45, 2.75) is 13.5 Å². The first-order chi connectivity index (χ1) is 8.34. The van der Waals surface area contributed by atoms with E-state index in [0.717, 1.165) is 22.6 Å². The SMILES string of the molecule is Cc1cscc1CNc1ncnc2ccsc12. The fraction of sp³-hybridized carbons (Fsp3) is 0.167. The summed E-state index contributed by atoms with van der Waals surface area (Å²) in [6.45, 7) is 2.95. The Morgan fingerprint density at radius 2 is 2.24 bits per heavy atom. The molecule has 3 aromatic rings. The lowest BCUT2D eigenvalue weighted by Gasteiger charge is -2.05. The van der Waals surface area contributed by atoms with Gasteiger partial charge in [-0.3, -0.25) is 0 Å². The molecular weight excluding hydrogens is 250 g/mol. The number of aromatic nitrogens is 2. The lowest BCUT2D eigenvalue weighted by Crippen LogP contribution is -2.01. The monoisotopic (exact) mass is 261 g/mol. The maximum Gasteiger partial charge on any atom is 0.147 e. The quantitative estimate of drug-likeness (QED) is 0.781. The summed E-state index contributed by atoms with van der Waals surface area (Å²) < 4.78 is 1.13. The number of thiophene rings is 2. The predicted octanol–water partition coefficient (Wildman–Crippen LogP) is 3.67. The van der Waals surface area contributed by atoms with Crippen LogP contribution >= 0.6 is 22.7 Å². The van der Waals surface area contributed by atoms with Gasteiger partial charge in [-0.25, -0.2) is 9.97 Å². The summed E-state index contributed by atoms with van der Waals surface area (Å²) in [6, 6.07) is 2.02. The molecular formula is C12H11N3S2. The molecule has 0 saturated carbocycles. The van der Waals surface area contributed by atoms with E-state index in [1.807, 2.05) is 11.4 Å². The Hall–Kier alpha value is -1.46. The second-order valence-electron chi connectivity index (χ2n) is 3.79. The van der Waals surface area contributed by atoms with Gasteiger partial charge in [-0.15, -0.1) is 11.3 Å². The van der Waals surface area contributed by atoms with Crippen LogP contribution < -0.4 is 5.32 Å². The number of rotatable bonds is 3. The van der Waals surface area contributed by atoms with E-state index in [1.54, 1.807) is 29.0 Å². The minimum absolute atomic E-state index is 0.819. The van der Waals surface area contributed by atoms with E-state index in [4.69, 9.17) is 0 Å². The first-order valence-corrected chi connectivity index (χ1v) is 7.10. The molecule has 3 heterocycles. The van der Waals surface area contributed by atoms with E-state index in [2.05, 4.69) is 33.0 Å². The molecule has 0 atom stereocenters. The summed E-state index contributed by atoms with van der Waals surface area (Å²) in [4.78, 5) is 8.53. The number of nitrogens with one attached hydrogen (secondary N) is 1. The molecule has 0 bridgehead atoms. The van der Waals surface area contributed by atoms with Crippen LogP contribution in [0.4, 0.5) is 5.82 Å². The number of fused-ring (bicyclic) bond motifs is 1. The Morgan fingerprint density at radius 3 is 3.06 bits per heavy atom. The second kappa shape index (κ2) is 4.43. The molecule has 3 rings (SSSR count). The van der Waals surface area contributed by atoms with E-state index >= 15 is 0 Å². The molecule has 3 nitrogen and oxygen atoms in total. The number of aryl methyl sites for hydroxylation is 1. The highest BCUT2D eigenvalue weighted by atomic mass is 32.1. The minimum Gasteiger partial charge on any atom is -0.365 e. The number of nitrogens with zero attached hydrogens (tertiary/aromatic N) is 2. The highest BCUT2D eigenvalue weighted by Crippen LogP contribution is 2.25. The number of anilines is 1. The van der Waals surface area contributed by atoms with Crippen molar-refractivity contribution in [1.29, 1.82) is 0 Å². The molecule has 0 aliphatic carbocycles. The standard InChI is InChI=1S/C12H11N3S2/c1-8-5-16-6-9(8)4-13-12-11-10(2-3-17-11)14-7-15-12/h2-3,5-7H,4H2,1H3,(H,13,14,15). The molecule has 0 fully saturated rings. The van der Waals surface area contributed by atoms with Gasteiger partial charge in [0.1, 0.15) is 12.1 Å². The molecule has 0 saturated heterocycles. The molecule has 86 valence electrons. The number of hydrogen-bond acceptors (Lipinski definition) is 5. The van der Waals surface area contributed by atoms with Crippen molar-refractivity contribution < 1.29 is 0 Å². The third kappa shape index (κ3) is 2.03. The predicted molar refractivity (Wildman–Crippen MR) is 73.8 cm³/mol. The van der Waals surface area contributed by atoms with Crippen LogP contribution in [-0.2, 0) is 6.54 Å². The van der Waals surface area contributed by atoms with Crippen molar-refractivity contribution in [2.24, 2.45) is 0 Å². The lowest BCUT2D eigenvalue weighted by atomic mass is 10.2. The van der Waals surface area contributed by atoms with E-state index in [9.17, 15) is 0 Å². The van der Waals surface area contributed by atoms with Crippen molar-refractivity contribution in [1.82, 2.24) is 9.97 Å². The molecule has 1 N–H and O–H groups in total. The van der Waals surface area contributed by atoms with E-state index < -0.39 is 0 Å². The van der Waals surface area contributed by atoms with Crippen LogP contribution in [0, 0.1) is 6.92 Å². The van der Waals surface area contributed by atoms with Crippen LogP contribution in [-0.4, -0.2) is 9.97 Å². The van der Waals surface area contributed by atoms with Crippen molar-refractivity contribution >= 4 is 38.7 Å². The smallest absolute Gasteiger partial charge is 0.147 e. The Morgan fingerprint density at radius 1 is 1.29 bits per heavy atom. The zero-order valence-corrected chi connectivity index (χ0v) is 10.9. The Kier molecular flexibility index (Phi) is 2.78. The fourth-order valence-electron chi connectivity index (χ4n) is 1.66. The summed E-state index contributed by atoms with van der Waals surface area (Å²) in [5, 5.41) is 9.77. The molecule has 0 aliphatic rings. The van der Waals surface area contributed by atoms with E-state index in [-0.39, 0.29) is 0 Å². The molecule has 0 aromatic carbocycles. The van der Waals surface area contributed by atoms with Gasteiger partial charge in [0.15, 0.2) is 0 Å². The van der Waals surface area contributed by atoms with Gasteiger partial charge in [-0.2, -0.15) is 11.3 Å². The van der Waals surface area contributed by atoms with E-state index in [0.29, 0.717) is 0 Å². The molecule has 3 aromatic heterocycles. The van der Waals surface area contributed by atoms with Crippen molar-refractivity contribution in [3.05, 3.63) is 39.7 Å². The molecule has 0 radical (unpaired) electrons. The third-order valence-electron chi connectivity index (χ3n) is 2.65. The van der Waals surface area contributed by atoms with Crippen LogP contribution in [0.25, 0.3) is 10.2 Å². The Labute approximate surface area is 107 Å². The van der Waals surface area contributed by atoms with Gasteiger partial charge >= 0.3 is 0 Å². The van der Waals surface area contributed by atoms with Crippen molar-refractivity contribution in [2.75, 3.05) is 5.32 Å². The summed E-state index contributed by atoms with van der Waals surface area (Å²) in [5.41, 5.74) is 3.67. The van der Waals surface area contributed by atoms with Crippen LogP contribution in [0.2, 0.25) is 0 Å². The Balaban J connectivity index is 1.86. The topological polar surface area (TPSA) is 37.8 Å². The van der Waals surface area contributed by atoms with Crippen molar-refractivity contribution in [3.8, 4) is 0 Å². The summed E-state index contributed by atoms with van der Waals surface area (Å²) >= 11 is 3.41. The average Bonchev–Trinajstić information content (AvgIpc) is 2.95. The molecule has 0 unspecified atom stereocenters. The summed E-state index contributed by atoms with van der Waals surface area (Å²) in [6.07, 6.45) is 1.61. The molecule has 5 heteroatoms. The zero-order valence-electron chi connectivity index (χ0n) is 9.30. The van der Waals surface area contributed by atoms with Gasteiger partial charge in [-0.05, 0) is 40.3 Å². The third-order valence-corrected chi connectivity index (χ3v) is 4.47. The van der Waals surface area contributed by atoms with Gasteiger partial charge in [0.25, 0.3) is 0 Å². The second-order valence-corrected chi connectivity index (χ2v) is 5.45. The van der Waals surface area contributed by atoms with Gasteiger partial charge < -0.3 is 5.32 Å². The number of hydrogen-bond donors (Lipinski definition) is 1. The van der Waals surface area contributed by atoms with Crippen LogP contribution in [0.3, 0.4) is 0 Å². The summed E-state index contributed by atoms with van der Waals surface area (Å²) in [5.74, 6) is 0.926. The minimum atomic E-state index is 0.819. The fourth-order valence-corrected chi connectivity index (χ4v) is 3.33. The van der Waals surface area contributed by atoms with Crippen LogP contribution in [0.5, 0.6) is 0 Å². The maximum atomic E-state index is 4.30. The molecule has 0 amide bonds. The zero-order chi connectivity index (χ0) is 11.7. The van der Waals surface area contributed by atoms with Gasteiger partial charge in [-0.1, -0.05) is 0 Å². The van der Waals surface area contributed by atoms with Crippen molar-refractivity contribution in [3.63, 3.8) is 0 Å². The molecule has 17 heavy (non-hydrogen) atoms. The first kappa shape index (κ1) is 10.7. The average molecular weight is 261 g/mol. The Bertz CT molecular complexity index is 642. The largest absolute Gasteiger partial charge is 0.365 e. The molecule has 0 aliphatic heterocycles. The normalized spacial score (nSPS) is 10.9. The van der Waals surface area contributed by atoms with Crippen LogP contribution in [0.1, 0.15) is 11.1 Å². The van der Waals surface area contributed by atoms with Gasteiger partial charge in [0, 0.05) is 6.54 Å². The summed E-state index contributed by atoms with van der Waals surface area (Å²) in [7, 11) is 0. The van der Waals surface area contributed by atoms with Gasteiger partial charge in [0.2, 0.25) is 0 Å². The maximum absolute atomic E-state index is 4.30. The molecule has 0 spiro atoms. The highest BCUT2D eigenvalue weighted by molar-refractivity contribution is 7.17. The van der Waals surface area contributed by atoms with Crippen LogP contribution in [0.15, 0.2) is 28.5 Å². The first-order valence-electron chi connectivity index (χ1n) is 5.28. The lowest BCUT2D eigenvalue weighted by molar-refractivity contribution is 1.10.